The van der Waals surface area contributed by atoms with Gasteiger partial charge in [-0.2, -0.15) is 0 Å². The van der Waals surface area contributed by atoms with Gasteiger partial charge in [-0.15, -0.1) is 0 Å². The molecule has 1 aromatic rings. The molecule has 0 aromatic heterocycles. The Balaban J connectivity index is 1.79. The summed E-state index contributed by atoms with van der Waals surface area (Å²) in [5.74, 6) is 0.184. The molecule has 0 bridgehead atoms. The highest BCUT2D eigenvalue weighted by atomic mass is 16.5. The van der Waals surface area contributed by atoms with Crippen LogP contribution in [0.5, 0.6) is 0 Å². The molecule has 1 amide bonds. The van der Waals surface area contributed by atoms with Crippen LogP contribution in [0.1, 0.15) is 55.2 Å². The second-order valence-corrected chi connectivity index (χ2v) is 8.19. The Kier molecular flexibility index (Phi) is 4.58. The lowest BCUT2D eigenvalue weighted by molar-refractivity contribution is -0.142. The Morgan fingerprint density at radius 1 is 1.15 bits per heavy atom. The number of rotatable bonds is 4. The van der Waals surface area contributed by atoms with E-state index >= 15 is 0 Å². The summed E-state index contributed by atoms with van der Waals surface area (Å²) in [5, 5.41) is 3.18. The predicted octanol–water partition coefficient (Wildman–Crippen LogP) is 3.43. The van der Waals surface area contributed by atoms with Gasteiger partial charge in [0, 0.05) is 7.11 Å². The molecule has 2 fully saturated rings. The van der Waals surface area contributed by atoms with Gasteiger partial charge in [-0.25, -0.2) is 0 Å². The molecular weight excluding hydrogens is 342 g/mol. The van der Waals surface area contributed by atoms with E-state index in [0.717, 1.165) is 55.2 Å². The number of aryl methyl sites for hydroxylation is 2. The fourth-order valence-electron chi connectivity index (χ4n) is 4.25. The molecule has 2 saturated carbocycles. The summed E-state index contributed by atoms with van der Waals surface area (Å²) in [6.07, 6.45) is 5.06. The first-order chi connectivity index (χ1) is 12.9. The number of amides is 1. The molecule has 1 spiro atoms. The Hall–Kier alpha value is -2.14. The summed E-state index contributed by atoms with van der Waals surface area (Å²) >= 11 is 0. The molecular formula is C22H27NO4. The van der Waals surface area contributed by atoms with E-state index in [1.807, 2.05) is 32.0 Å². The third-order valence-electron chi connectivity index (χ3n) is 6.14. The van der Waals surface area contributed by atoms with E-state index in [9.17, 15) is 9.59 Å². The maximum atomic E-state index is 13.0. The van der Waals surface area contributed by atoms with Gasteiger partial charge in [-0.3, -0.25) is 9.59 Å². The number of benzene rings is 1. The smallest absolute Gasteiger partial charge is 0.314 e. The number of ether oxygens (including phenoxy) is 2. The van der Waals surface area contributed by atoms with Crippen LogP contribution in [0.15, 0.2) is 24.0 Å². The van der Waals surface area contributed by atoms with Gasteiger partial charge in [0.2, 0.25) is 0 Å². The Labute approximate surface area is 160 Å². The van der Waals surface area contributed by atoms with Crippen molar-refractivity contribution in [1.82, 2.24) is 5.32 Å². The lowest BCUT2D eigenvalue weighted by Crippen LogP contribution is -2.49. The van der Waals surface area contributed by atoms with E-state index in [1.165, 1.54) is 0 Å². The SMILES string of the molecule is CO[C@H]1CC[C@]2(CC1)NC(=O)C(c1cc(C)ccc1C)=C2OC(=O)C1CC1. The van der Waals surface area contributed by atoms with Crippen LogP contribution >= 0.6 is 0 Å². The number of hydrogen-bond acceptors (Lipinski definition) is 4. The highest BCUT2D eigenvalue weighted by molar-refractivity contribution is 6.24. The lowest BCUT2D eigenvalue weighted by Gasteiger charge is -2.37. The topological polar surface area (TPSA) is 64.6 Å². The van der Waals surface area contributed by atoms with Crippen molar-refractivity contribution in [2.75, 3.05) is 7.11 Å². The lowest BCUT2D eigenvalue weighted by atomic mass is 9.79. The van der Waals surface area contributed by atoms with E-state index in [2.05, 4.69) is 5.32 Å². The van der Waals surface area contributed by atoms with Crippen molar-refractivity contribution in [3.8, 4) is 0 Å². The normalized spacial score (nSPS) is 27.8. The fraction of sp³-hybridized carbons (Fsp3) is 0.545. The van der Waals surface area contributed by atoms with E-state index in [-0.39, 0.29) is 23.9 Å². The third kappa shape index (κ3) is 3.29. The van der Waals surface area contributed by atoms with Crippen molar-refractivity contribution in [2.45, 2.75) is 64.0 Å². The van der Waals surface area contributed by atoms with Gasteiger partial charge in [0.1, 0.15) is 5.76 Å². The van der Waals surface area contributed by atoms with E-state index in [4.69, 9.17) is 9.47 Å². The average Bonchev–Trinajstić information content (AvgIpc) is 3.46. The zero-order chi connectivity index (χ0) is 19.2. The summed E-state index contributed by atoms with van der Waals surface area (Å²) in [6.45, 7) is 3.99. The van der Waals surface area contributed by atoms with Crippen LogP contribution in [0.25, 0.3) is 5.57 Å². The summed E-state index contributed by atoms with van der Waals surface area (Å²) in [6, 6.07) is 6.05. The van der Waals surface area contributed by atoms with Crippen molar-refractivity contribution in [2.24, 2.45) is 5.92 Å². The van der Waals surface area contributed by atoms with Crippen LogP contribution in [-0.2, 0) is 19.1 Å². The Morgan fingerprint density at radius 2 is 1.85 bits per heavy atom. The molecule has 0 unspecified atom stereocenters. The number of hydrogen-bond donors (Lipinski definition) is 1. The number of carbonyl (C=O) groups is 2. The van der Waals surface area contributed by atoms with Crippen LogP contribution in [-0.4, -0.2) is 30.6 Å². The van der Waals surface area contributed by atoms with Gasteiger partial charge < -0.3 is 14.8 Å². The standard InChI is InChI=1S/C22H27NO4/c1-13-4-5-14(2)17(12-13)18-19(27-21(25)15-6-7-15)22(23-20(18)24)10-8-16(26-3)9-11-22/h4-5,12,15-16H,6-11H2,1-3H3,(H,23,24)/t16-,22+. The van der Waals surface area contributed by atoms with Gasteiger partial charge in [-0.05, 0) is 63.5 Å². The highest BCUT2D eigenvalue weighted by Crippen LogP contribution is 2.45. The zero-order valence-electron chi connectivity index (χ0n) is 16.3. The second-order valence-electron chi connectivity index (χ2n) is 8.19. The maximum Gasteiger partial charge on any atom is 0.314 e. The van der Waals surface area contributed by atoms with E-state index < -0.39 is 5.54 Å². The van der Waals surface area contributed by atoms with Crippen molar-refractivity contribution >= 4 is 17.4 Å². The van der Waals surface area contributed by atoms with Gasteiger partial charge >= 0.3 is 5.97 Å². The fourth-order valence-corrected chi connectivity index (χ4v) is 4.25. The van der Waals surface area contributed by atoms with Gasteiger partial charge in [-0.1, -0.05) is 23.8 Å². The molecule has 2 aliphatic carbocycles. The minimum atomic E-state index is -0.595. The molecule has 4 rings (SSSR count). The number of carbonyl (C=O) groups excluding carboxylic acids is 2. The minimum Gasteiger partial charge on any atom is -0.427 e. The summed E-state index contributed by atoms with van der Waals surface area (Å²) in [4.78, 5) is 25.6. The quantitative estimate of drug-likeness (QED) is 0.826. The minimum absolute atomic E-state index is 0.0135. The predicted molar refractivity (Wildman–Crippen MR) is 102 cm³/mol. The van der Waals surface area contributed by atoms with Gasteiger partial charge in [0.25, 0.3) is 5.91 Å². The molecule has 5 heteroatoms. The summed E-state index contributed by atoms with van der Waals surface area (Å²) in [5.41, 5.74) is 2.88. The van der Waals surface area contributed by atoms with Crippen LogP contribution in [0, 0.1) is 19.8 Å². The highest BCUT2D eigenvalue weighted by Gasteiger charge is 2.51. The van der Waals surface area contributed by atoms with Crippen molar-refractivity contribution in [1.29, 1.82) is 0 Å². The molecule has 1 aromatic carbocycles. The molecule has 1 N–H and O–H groups in total. The molecule has 27 heavy (non-hydrogen) atoms. The molecule has 0 saturated heterocycles. The number of esters is 1. The summed E-state index contributed by atoms with van der Waals surface area (Å²) < 4.78 is 11.4. The van der Waals surface area contributed by atoms with Gasteiger partial charge in [0.15, 0.2) is 0 Å². The van der Waals surface area contributed by atoms with E-state index in [1.54, 1.807) is 7.11 Å². The number of nitrogens with one attached hydrogen (secondary N) is 1. The van der Waals surface area contributed by atoms with Crippen LogP contribution in [0.3, 0.4) is 0 Å². The molecule has 1 aliphatic heterocycles. The first-order valence-corrected chi connectivity index (χ1v) is 9.83. The van der Waals surface area contributed by atoms with Crippen molar-refractivity contribution in [3.05, 3.63) is 40.6 Å². The maximum absolute atomic E-state index is 13.0. The molecule has 5 nitrogen and oxygen atoms in total. The molecule has 3 aliphatic rings. The van der Waals surface area contributed by atoms with Crippen molar-refractivity contribution in [3.63, 3.8) is 0 Å². The first kappa shape index (κ1) is 18.2. The molecule has 0 atom stereocenters. The monoisotopic (exact) mass is 369 g/mol. The van der Waals surface area contributed by atoms with Crippen LogP contribution in [0.2, 0.25) is 0 Å². The molecule has 1 heterocycles. The third-order valence-corrected chi connectivity index (χ3v) is 6.14. The largest absolute Gasteiger partial charge is 0.427 e. The zero-order valence-corrected chi connectivity index (χ0v) is 16.3. The van der Waals surface area contributed by atoms with Crippen LogP contribution < -0.4 is 5.32 Å². The molecule has 0 radical (unpaired) electrons. The summed E-state index contributed by atoms with van der Waals surface area (Å²) in [7, 11) is 1.72. The van der Waals surface area contributed by atoms with E-state index in [0.29, 0.717) is 11.3 Å². The average molecular weight is 369 g/mol. The van der Waals surface area contributed by atoms with Gasteiger partial charge in [0.05, 0.1) is 23.1 Å². The van der Waals surface area contributed by atoms with Crippen molar-refractivity contribution < 1.29 is 19.1 Å². The number of methoxy groups -OCH3 is 1. The first-order valence-electron chi connectivity index (χ1n) is 9.83. The Bertz CT molecular complexity index is 814. The molecule has 144 valence electrons. The van der Waals surface area contributed by atoms with Crippen LogP contribution in [0.4, 0.5) is 0 Å². The second kappa shape index (κ2) is 6.79. The Morgan fingerprint density at radius 3 is 2.48 bits per heavy atom.